The van der Waals surface area contributed by atoms with Crippen molar-refractivity contribution in [3.05, 3.63) is 42.1 Å². The van der Waals surface area contributed by atoms with Gasteiger partial charge in [-0.1, -0.05) is 18.2 Å². The van der Waals surface area contributed by atoms with Gasteiger partial charge in [-0.2, -0.15) is 0 Å². The van der Waals surface area contributed by atoms with Crippen LogP contribution in [0.5, 0.6) is 11.6 Å². The molecule has 0 aliphatic carbocycles. The Kier molecular flexibility index (Phi) is 4.73. The number of carboxylic acids is 1. The maximum atomic E-state index is 12.5. The molecule has 1 heterocycles. The van der Waals surface area contributed by atoms with Crippen molar-refractivity contribution in [1.29, 1.82) is 0 Å². The molecule has 1 aromatic heterocycles. The van der Waals surface area contributed by atoms with Crippen molar-refractivity contribution < 1.29 is 32.5 Å². The average Bonchev–Trinajstić information content (AvgIpc) is 2.45. The van der Waals surface area contributed by atoms with E-state index in [4.69, 9.17) is 9.84 Å². The zero-order valence-electron chi connectivity index (χ0n) is 11.9. The highest BCUT2D eigenvalue weighted by Crippen LogP contribution is 2.37. The van der Waals surface area contributed by atoms with Crippen molar-refractivity contribution in [3.8, 4) is 22.8 Å². The second kappa shape index (κ2) is 6.55. The molecule has 8 heteroatoms. The standard InChI is InChI=1S/C15H12F3NO4/c1-22-14-11(7-6-9(19-14)8-13(20)21)10-4-2-3-5-12(10)23-15(16,17)18/h2-7H,8H2,1H3,(H,20,21). The van der Waals surface area contributed by atoms with Crippen LogP contribution in [-0.4, -0.2) is 29.5 Å². The predicted molar refractivity (Wildman–Crippen MR) is 74.2 cm³/mol. The van der Waals surface area contributed by atoms with E-state index in [-0.39, 0.29) is 29.1 Å². The van der Waals surface area contributed by atoms with Crippen LogP contribution in [0, 0.1) is 0 Å². The van der Waals surface area contributed by atoms with Crippen molar-refractivity contribution in [2.75, 3.05) is 7.11 Å². The second-order valence-corrected chi connectivity index (χ2v) is 4.47. The molecule has 0 radical (unpaired) electrons. The predicted octanol–water partition coefficient (Wildman–Crippen LogP) is 3.28. The van der Waals surface area contributed by atoms with Crippen molar-refractivity contribution in [2.45, 2.75) is 12.8 Å². The smallest absolute Gasteiger partial charge is 0.481 e. The zero-order valence-corrected chi connectivity index (χ0v) is 11.9. The number of carboxylic acid groups (broad SMARTS) is 1. The van der Waals surface area contributed by atoms with Crippen LogP contribution in [0.3, 0.4) is 0 Å². The number of alkyl halides is 3. The lowest BCUT2D eigenvalue weighted by Gasteiger charge is -2.15. The molecule has 0 fully saturated rings. The van der Waals surface area contributed by atoms with Crippen LogP contribution in [0.4, 0.5) is 13.2 Å². The zero-order chi connectivity index (χ0) is 17.0. The number of carbonyl (C=O) groups is 1. The van der Waals surface area contributed by atoms with E-state index in [2.05, 4.69) is 9.72 Å². The Labute approximate surface area is 129 Å². The number of para-hydroxylation sites is 1. The molecule has 2 rings (SSSR count). The largest absolute Gasteiger partial charge is 0.573 e. The molecule has 0 atom stereocenters. The number of halogens is 3. The number of methoxy groups -OCH3 is 1. The van der Waals surface area contributed by atoms with E-state index in [1.54, 1.807) is 6.07 Å². The molecule has 23 heavy (non-hydrogen) atoms. The Morgan fingerprint density at radius 1 is 1.17 bits per heavy atom. The first-order valence-electron chi connectivity index (χ1n) is 6.41. The van der Waals surface area contributed by atoms with Crippen molar-refractivity contribution in [3.63, 3.8) is 0 Å². The fraction of sp³-hybridized carbons (Fsp3) is 0.200. The van der Waals surface area contributed by atoms with E-state index in [9.17, 15) is 18.0 Å². The van der Waals surface area contributed by atoms with Crippen LogP contribution in [0.1, 0.15) is 5.69 Å². The first kappa shape index (κ1) is 16.6. The Balaban J connectivity index is 2.48. The van der Waals surface area contributed by atoms with Gasteiger partial charge in [0.1, 0.15) is 5.75 Å². The maximum Gasteiger partial charge on any atom is 0.573 e. The van der Waals surface area contributed by atoms with E-state index in [0.29, 0.717) is 0 Å². The Hall–Kier alpha value is -2.77. The molecule has 122 valence electrons. The van der Waals surface area contributed by atoms with Gasteiger partial charge >= 0.3 is 12.3 Å². The van der Waals surface area contributed by atoms with Gasteiger partial charge in [-0.05, 0) is 18.2 Å². The molecule has 0 amide bonds. The summed E-state index contributed by atoms with van der Waals surface area (Å²) in [7, 11) is 1.30. The average molecular weight is 327 g/mol. The number of hydrogen-bond acceptors (Lipinski definition) is 4. The summed E-state index contributed by atoms with van der Waals surface area (Å²) in [6, 6.07) is 8.41. The lowest BCUT2D eigenvalue weighted by molar-refractivity contribution is -0.274. The minimum Gasteiger partial charge on any atom is -0.481 e. The molecular formula is C15H12F3NO4. The second-order valence-electron chi connectivity index (χ2n) is 4.47. The van der Waals surface area contributed by atoms with Gasteiger partial charge in [0.2, 0.25) is 5.88 Å². The number of hydrogen-bond donors (Lipinski definition) is 1. The van der Waals surface area contributed by atoms with Gasteiger partial charge in [-0.15, -0.1) is 13.2 Å². The number of aromatic nitrogens is 1. The van der Waals surface area contributed by atoms with E-state index in [0.717, 1.165) is 0 Å². The van der Waals surface area contributed by atoms with Crippen molar-refractivity contribution in [1.82, 2.24) is 4.98 Å². The van der Waals surface area contributed by atoms with Gasteiger partial charge in [0.15, 0.2) is 0 Å². The molecule has 0 bridgehead atoms. The molecule has 0 saturated carbocycles. The molecule has 0 saturated heterocycles. The normalized spacial score (nSPS) is 11.1. The quantitative estimate of drug-likeness (QED) is 0.913. The number of ether oxygens (including phenoxy) is 2. The summed E-state index contributed by atoms with van der Waals surface area (Å²) in [5.41, 5.74) is 0.629. The van der Waals surface area contributed by atoms with Gasteiger partial charge < -0.3 is 14.6 Å². The first-order chi connectivity index (χ1) is 10.8. The van der Waals surface area contributed by atoms with Gasteiger partial charge in [-0.3, -0.25) is 4.79 Å². The minimum absolute atomic E-state index is 0.0157. The van der Waals surface area contributed by atoms with Gasteiger partial charge in [0.25, 0.3) is 0 Å². The lowest BCUT2D eigenvalue weighted by Crippen LogP contribution is -2.17. The highest BCUT2D eigenvalue weighted by atomic mass is 19.4. The molecule has 0 aliphatic heterocycles. The molecule has 5 nitrogen and oxygen atoms in total. The lowest BCUT2D eigenvalue weighted by atomic mass is 10.1. The molecule has 0 aliphatic rings. The topological polar surface area (TPSA) is 68.7 Å². The Morgan fingerprint density at radius 2 is 1.87 bits per heavy atom. The van der Waals surface area contributed by atoms with Crippen molar-refractivity contribution >= 4 is 5.97 Å². The third-order valence-electron chi connectivity index (χ3n) is 2.85. The van der Waals surface area contributed by atoms with Crippen LogP contribution >= 0.6 is 0 Å². The van der Waals surface area contributed by atoms with Crippen LogP contribution in [0.25, 0.3) is 11.1 Å². The van der Waals surface area contributed by atoms with E-state index in [1.165, 1.54) is 37.4 Å². The highest BCUT2D eigenvalue weighted by molar-refractivity contribution is 5.75. The number of benzene rings is 1. The summed E-state index contributed by atoms with van der Waals surface area (Å²) in [4.78, 5) is 14.7. The summed E-state index contributed by atoms with van der Waals surface area (Å²) in [5, 5.41) is 8.76. The van der Waals surface area contributed by atoms with Crippen LogP contribution < -0.4 is 9.47 Å². The van der Waals surface area contributed by atoms with Crippen LogP contribution in [0.15, 0.2) is 36.4 Å². The third-order valence-corrected chi connectivity index (χ3v) is 2.85. The van der Waals surface area contributed by atoms with Gasteiger partial charge in [0.05, 0.1) is 19.2 Å². The Morgan fingerprint density at radius 3 is 2.48 bits per heavy atom. The summed E-state index contributed by atoms with van der Waals surface area (Å²) in [6.45, 7) is 0. The molecule has 0 spiro atoms. The minimum atomic E-state index is -4.83. The number of pyridine rings is 1. The summed E-state index contributed by atoms with van der Waals surface area (Å²) < 4.78 is 46.5. The van der Waals surface area contributed by atoms with E-state index < -0.39 is 18.1 Å². The fourth-order valence-corrected chi connectivity index (χ4v) is 2.00. The van der Waals surface area contributed by atoms with Crippen molar-refractivity contribution in [2.24, 2.45) is 0 Å². The highest BCUT2D eigenvalue weighted by Gasteiger charge is 2.32. The molecule has 0 unspecified atom stereocenters. The monoisotopic (exact) mass is 327 g/mol. The molecule has 2 aromatic rings. The molecule has 1 aromatic carbocycles. The summed E-state index contributed by atoms with van der Waals surface area (Å²) >= 11 is 0. The van der Waals surface area contributed by atoms with E-state index in [1.807, 2.05) is 0 Å². The van der Waals surface area contributed by atoms with Crippen LogP contribution in [0.2, 0.25) is 0 Å². The van der Waals surface area contributed by atoms with Crippen LogP contribution in [-0.2, 0) is 11.2 Å². The van der Waals surface area contributed by atoms with Gasteiger partial charge in [-0.25, -0.2) is 4.98 Å². The molecule has 1 N–H and O–H groups in total. The number of rotatable bonds is 5. The fourth-order valence-electron chi connectivity index (χ4n) is 2.00. The number of aliphatic carboxylic acids is 1. The van der Waals surface area contributed by atoms with E-state index >= 15 is 0 Å². The maximum absolute atomic E-state index is 12.5. The molecular weight excluding hydrogens is 315 g/mol. The first-order valence-corrected chi connectivity index (χ1v) is 6.41. The summed E-state index contributed by atoms with van der Waals surface area (Å²) in [5.74, 6) is -1.46. The SMILES string of the molecule is COc1nc(CC(=O)O)ccc1-c1ccccc1OC(F)(F)F. The van der Waals surface area contributed by atoms with Gasteiger partial charge in [0, 0.05) is 11.1 Å². The number of nitrogens with zero attached hydrogens (tertiary/aromatic N) is 1. The third kappa shape index (κ3) is 4.35. The Bertz CT molecular complexity index is 716. The summed E-state index contributed by atoms with van der Waals surface area (Å²) in [6.07, 6.45) is -5.16.